The van der Waals surface area contributed by atoms with Gasteiger partial charge in [-0.25, -0.2) is 0 Å². The third kappa shape index (κ3) is 3.65. The predicted octanol–water partition coefficient (Wildman–Crippen LogP) is 2.65. The van der Waals surface area contributed by atoms with Crippen LogP contribution in [-0.2, 0) is 6.54 Å². The zero-order valence-corrected chi connectivity index (χ0v) is 10.6. The first-order valence-corrected chi connectivity index (χ1v) is 6.10. The SMILES string of the molecule is CCN(Cc1ccco1)CC(O)(CC)CC. The van der Waals surface area contributed by atoms with Crippen molar-refractivity contribution in [1.29, 1.82) is 0 Å². The van der Waals surface area contributed by atoms with Gasteiger partial charge in [0.1, 0.15) is 5.76 Å². The van der Waals surface area contributed by atoms with E-state index < -0.39 is 5.60 Å². The Labute approximate surface area is 98.1 Å². The molecule has 1 aromatic rings. The molecule has 1 N–H and O–H groups in total. The third-order valence-electron chi connectivity index (χ3n) is 3.24. The average molecular weight is 225 g/mol. The molecule has 0 fully saturated rings. The van der Waals surface area contributed by atoms with Crippen molar-refractivity contribution in [2.24, 2.45) is 0 Å². The summed E-state index contributed by atoms with van der Waals surface area (Å²) >= 11 is 0. The minimum absolute atomic E-state index is 0.567. The molecular formula is C13H23NO2. The van der Waals surface area contributed by atoms with Crippen molar-refractivity contribution >= 4 is 0 Å². The standard InChI is InChI=1S/C13H23NO2/c1-4-13(15,5-2)11-14(6-3)10-12-8-7-9-16-12/h7-9,15H,4-6,10-11H2,1-3H3. The average Bonchev–Trinajstić information content (AvgIpc) is 2.80. The van der Waals surface area contributed by atoms with Crippen LogP contribution in [0.3, 0.4) is 0 Å². The highest BCUT2D eigenvalue weighted by Gasteiger charge is 2.25. The van der Waals surface area contributed by atoms with Crippen LogP contribution in [0.1, 0.15) is 39.4 Å². The Morgan fingerprint density at radius 2 is 2.00 bits per heavy atom. The van der Waals surface area contributed by atoms with Gasteiger partial charge in [-0.1, -0.05) is 20.8 Å². The Hall–Kier alpha value is -0.800. The summed E-state index contributed by atoms with van der Waals surface area (Å²) in [4.78, 5) is 2.21. The van der Waals surface area contributed by atoms with E-state index in [1.165, 1.54) is 0 Å². The molecule has 3 heteroatoms. The molecule has 0 radical (unpaired) electrons. The first-order chi connectivity index (χ1) is 7.63. The molecule has 0 saturated carbocycles. The molecule has 0 aliphatic rings. The van der Waals surface area contributed by atoms with E-state index >= 15 is 0 Å². The fourth-order valence-corrected chi connectivity index (χ4v) is 1.79. The normalized spacial score (nSPS) is 12.3. The van der Waals surface area contributed by atoms with E-state index in [1.54, 1.807) is 6.26 Å². The van der Waals surface area contributed by atoms with Crippen LogP contribution in [0.5, 0.6) is 0 Å². The van der Waals surface area contributed by atoms with Gasteiger partial charge in [-0.2, -0.15) is 0 Å². The van der Waals surface area contributed by atoms with Gasteiger partial charge in [0.2, 0.25) is 0 Å². The summed E-state index contributed by atoms with van der Waals surface area (Å²) < 4.78 is 5.32. The first kappa shape index (κ1) is 13.3. The summed E-state index contributed by atoms with van der Waals surface area (Å²) in [6.07, 6.45) is 3.27. The minimum atomic E-state index is -0.567. The van der Waals surface area contributed by atoms with Gasteiger partial charge in [0.15, 0.2) is 0 Å². The van der Waals surface area contributed by atoms with Gasteiger partial charge in [0.25, 0.3) is 0 Å². The Bertz CT molecular complexity index is 278. The van der Waals surface area contributed by atoms with Crippen LogP contribution >= 0.6 is 0 Å². The van der Waals surface area contributed by atoms with Gasteiger partial charge < -0.3 is 9.52 Å². The van der Waals surface area contributed by atoms with Crippen LogP contribution in [0.25, 0.3) is 0 Å². The Morgan fingerprint density at radius 1 is 1.31 bits per heavy atom. The lowest BCUT2D eigenvalue weighted by molar-refractivity contribution is -0.00559. The summed E-state index contributed by atoms with van der Waals surface area (Å²) in [5.74, 6) is 0.955. The summed E-state index contributed by atoms with van der Waals surface area (Å²) in [7, 11) is 0. The maximum absolute atomic E-state index is 10.3. The number of hydrogen-bond acceptors (Lipinski definition) is 3. The molecule has 16 heavy (non-hydrogen) atoms. The second-order valence-electron chi connectivity index (χ2n) is 4.31. The molecule has 3 nitrogen and oxygen atoms in total. The molecule has 0 aliphatic carbocycles. The quantitative estimate of drug-likeness (QED) is 0.775. The molecule has 0 unspecified atom stereocenters. The highest BCUT2D eigenvalue weighted by Crippen LogP contribution is 2.17. The molecule has 0 atom stereocenters. The number of furan rings is 1. The monoisotopic (exact) mass is 225 g/mol. The van der Waals surface area contributed by atoms with E-state index in [4.69, 9.17) is 4.42 Å². The number of hydrogen-bond donors (Lipinski definition) is 1. The van der Waals surface area contributed by atoms with Gasteiger partial charge in [0.05, 0.1) is 18.4 Å². The summed E-state index contributed by atoms with van der Waals surface area (Å²) in [6.45, 7) is 8.56. The van der Waals surface area contributed by atoms with Gasteiger partial charge in [-0.15, -0.1) is 0 Å². The van der Waals surface area contributed by atoms with E-state index in [0.29, 0.717) is 6.54 Å². The lowest BCUT2D eigenvalue weighted by Gasteiger charge is -2.31. The largest absolute Gasteiger partial charge is 0.468 e. The van der Waals surface area contributed by atoms with E-state index in [0.717, 1.165) is 31.7 Å². The molecule has 0 aliphatic heterocycles. The minimum Gasteiger partial charge on any atom is -0.468 e. The Balaban J connectivity index is 2.55. The van der Waals surface area contributed by atoms with Gasteiger partial charge in [-0.05, 0) is 31.5 Å². The van der Waals surface area contributed by atoms with Crippen molar-refractivity contribution in [1.82, 2.24) is 4.90 Å². The fourth-order valence-electron chi connectivity index (χ4n) is 1.79. The molecule has 0 bridgehead atoms. The number of aliphatic hydroxyl groups is 1. The van der Waals surface area contributed by atoms with Crippen molar-refractivity contribution in [2.75, 3.05) is 13.1 Å². The molecule has 0 amide bonds. The van der Waals surface area contributed by atoms with Crippen molar-refractivity contribution in [2.45, 2.75) is 45.8 Å². The Kier molecular flexibility index (Phi) is 5.03. The smallest absolute Gasteiger partial charge is 0.117 e. The zero-order valence-electron chi connectivity index (χ0n) is 10.6. The van der Waals surface area contributed by atoms with E-state index in [2.05, 4.69) is 11.8 Å². The van der Waals surface area contributed by atoms with Crippen LogP contribution in [0.4, 0.5) is 0 Å². The fraction of sp³-hybridized carbons (Fsp3) is 0.692. The number of nitrogens with zero attached hydrogens (tertiary/aromatic N) is 1. The predicted molar refractivity (Wildman–Crippen MR) is 65.2 cm³/mol. The molecule has 0 saturated heterocycles. The Morgan fingerprint density at radius 3 is 2.44 bits per heavy atom. The van der Waals surface area contributed by atoms with Crippen molar-refractivity contribution in [3.63, 3.8) is 0 Å². The van der Waals surface area contributed by atoms with E-state index in [9.17, 15) is 5.11 Å². The molecule has 1 heterocycles. The number of rotatable bonds is 7. The van der Waals surface area contributed by atoms with Gasteiger partial charge >= 0.3 is 0 Å². The molecule has 0 aromatic carbocycles. The van der Waals surface area contributed by atoms with Crippen LogP contribution in [0.2, 0.25) is 0 Å². The van der Waals surface area contributed by atoms with Gasteiger partial charge in [0, 0.05) is 6.54 Å². The summed E-state index contributed by atoms with van der Waals surface area (Å²) in [6, 6.07) is 3.87. The summed E-state index contributed by atoms with van der Waals surface area (Å²) in [5, 5.41) is 10.3. The van der Waals surface area contributed by atoms with Crippen molar-refractivity contribution in [3.05, 3.63) is 24.2 Å². The summed E-state index contributed by atoms with van der Waals surface area (Å²) in [5.41, 5.74) is -0.567. The van der Waals surface area contributed by atoms with E-state index in [1.807, 2.05) is 26.0 Å². The molecule has 1 aromatic heterocycles. The topological polar surface area (TPSA) is 36.6 Å². The second-order valence-corrected chi connectivity index (χ2v) is 4.31. The lowest BCUT2D eigenvalue weighted by atomic mass is 9.97. The van der Waals surface area contributed by atoms with Crippen LogP contribution < -0.4 is 0 Å². The van der Waals surface area contributed by atoms with Gasteiger partial charge in [-0.3, -0.25) is 4.90 Å². The van der Waals surface area contributed by atoms with Crippen molar-refractivity contribution < 1.29 is 9.52 Å². The zero-order chi connectivity index (χ0) is 12.0. The molecule has 92 valence electrons. The van der Waals surface area contributed by atoms with Crippen LogP contribution in [-0.4, -0.2) is 28.7 Å². The molecule has 0 spiro atoms. The van der Waals surface area contributed by atoms with E-state index in [-0.39, 0.29) is 0 Å². The van der Waals surface area contributed by atoms with Crippen molar-refractivity contribution in [3.8, 4) is 0 Å². The second kappa shape index (κ2) is 6.06. The molecular weight excluding hydrogens is 202 g/mol. The molecule has 1 rings (SSSR count). The third-order valence-corrected chi connectivity index (χ3v) is 3.24. The highest BCUT2D eigenvalue weighted by molar-refractivity contribution is 4.98. The maximum Gasteiger partial charge on any atom is 0.117 e. The lowest BCUT2D eigenvalue weighted by Crippen LogP contribution is -2.41. The van der Waals surface area contributed by atoms with Crippen LogP contribution in [0, 0.1) is 0 Å². The van der Waals surface area contributed by atoms with Crippen LogP contribution in [0.15, 0.2) is 22.8 Å². The maximum atomic E-state index is 10.3. The highest BCUT2D eigenvalue weighted by atomic mass is 16.3. The number of likely N-dealkylation sites (N-methyl/N-ethyl adjacent to an activating group) is 1. The first-order valence-electron chi connectivity index (χ1n) is 6.10.